The molecule has 0 aliphatic rings. The van der Waals surface area contributed by atoms with E-state index >= 15 is 0 Å². The van der Waals surface area contributed by atoms with Crippen molar-refractivity contribution < 1.29 is 8.42 Å². The van der Waals surface area contributed by atoms with Gasteiger partial charge >= 0.3 is 0 Å². The van der Waals surface area contributed by atoms with Crippen molar-refractivity contribution in [2.75, 3.05) is 18.9 Å². The smallest absolute Gasteiger partial charge is 0.242 e. The molecule has 0 aliphatic heterocycles. The number of benzene rings is 1. The summed E-state index contributed by atoms with van der Waals surface area (Å²) in [4.78, 5) is 0.232. The number of anilines is 1. The summed E-state index contributed by atoms with van der Waals surface area (Å²) in [5.41, 5.74) is 0.566. The van der Waals surface area contributed by atoms with E-state index in [1.165, 1.54) is 0 Å². The van der Waals surface area contributed by atoms with E-state index in [2.05, 4.69) is 20.4 Å². The Morgan fingerprint density at radius 3 is 2.79 bits per heavy atom. The summed E-state index contributed by atoms with van der Waals surface area (Å²) in [7, 11) is -1.85. The van der Waals surface area contributed by atoms with Crippen LogP contribution in [0.2, 0.25) is 0 Å². The van der Waals surface area contributed by atoms with Crippen LogP contribution in [0.25, 0.3) is 0 Å². The van der Waals surface area contributed by atoms with Crippen LogP contribution in [0.1, 0.15) is 0 Å². The highest BCUT2D eigenvalue weighted by atomic mass is 32.2. The minimum absolute atomic E-state index is 0.232. The third-order valence-electron chi connectivity index (χ3n) is 2.55. The van der Waals surface area contributed by atoms with E-state index in [4.69, 9.17) is 0 Å². The molecule has 102 valence electrons. The summed E-state index contributed by atoms with van der Waals surface area (Å²) in [6.07, 6.45) is 3.22. The number of rotatable bonds is 6. The van der Waals surface area contributed by atoms with Crippen LogP contribution in [0, 0.1) is 0 Å². The van der Waals surface area contributed by atoms with Crippen LogP contribution in [0.15, 0.2) is 41.6 Å². The molecule has 2 N–H and O–H groups in total. The fraction of sp³-hybridized carbons (Fsp3) is 0.273. The zero-order valence-electron chi connectivity index (χ0n) is 10.4. The Morgan fingerprint density at radius 1 is 1.32 bits per heavy atom. The van der Waals surface area contributed by atoms with Gasteiger partial charge in [0.1, 0.15) is 4.90 Å². The molecule has 1 aromatic carbocycles. The summed E-state index contributed by atoms with van der Waals surface area (Å²) in [5.74, 6) is 0. The van der Waals surface area contributed by atoms with E-state index in [0.29, 0.717) is 12.2 Å². The molecule has 0 saturated heterocycles. The van der Waals surface area contributed by atoms with E-state index in [0.717, 1.165) is 0 Å². The standard InChI is InChI=1S/C11H15N5O2S/c1-12-10-4-2-3-5-11(10)19(17,18)14-7-9-16-8-6-13-15-16/h2-6,8,12,14H,7,9H2,1H3. The van der Waals surface area contributed by atoms with Crippen molar-refractivity contribution in [2.45, 2.75) is 11.4 Å². The number of hydrogen-bond acceptors (Lipinski definition) is 5. The molecule has 8 heteroatoms. The van der Waals surface area contributed by atoms with Gasteiger partial charge in [-0.25, -0.2) is 13.1 Å². The van der Waals surface area contributed by atoms with Gasteiger partial charge in [0.25, 0.3) is 0 Å². The minimum atomic E-state index is -3.53. The lowest BCUT2D eigenvalue weighted by molar-refractivity contribution is 0.553. The Kier molecular flexibility index (Phi) is 4.13. The number of nitrogens with zero attached hydrogens (tertiary/aromatic N) is 3. The van der Waals surface area contributed by atoms with Crippen LogP contribution in [0.5, 0.6) is 0 Å². The summed E-state index contributed by atoms with van der Waals surface area (Å²) < 4.78 is 28.4. The van der Waals surface area contributed by atoms with E-state index < -0.39 is 10.0 Å². The highest BCUT2D eigenvalue weighted by molar-refractivity contribution is 7.89. The molecule has 0 saturated carbocycles. The highest BCUT2D eigenvalue weighted by Gasteiger charge is 2.16. The number of hydrogen-bond donors (Lipinski definition) is 2. The van der Waals surface area contributed by atoms with Crippen molar-refractivity contribution in [1.29, 1.82) is 0 Å². The van der Waals surface area contributed by atoms with Gasteiger partial charge in [-0.1, -0.05) is 17.3 Å². The molecule has 0 unspecified atom stereocenters. The fourth-order valence-electron chi connectivity index (χ4n) is 1.63. The molecule has 0 radical (unpaired) electrons. The maximum absolute atomic E-state index is 12.1. The first-order chi connectivity index (χ1) is 9.13. The average molecular weight is 281 g/mol. The quantitative estimate of drug-likeness (QED) is 0.795. The Labute approximate surface area is 111 Å². The largest absolute Gasteiger partial charge is 0.387 e. The van der Waals surface area contributed by atoms with Crippen LogP contribution in [-0.2, 0) is 16.6 Å². The number of sulfonamides is 1. The average Bonchev–Trinajstić information content (AvgIpc) is 2.91. The van der Waals surface area contributed by atoms with Gasteiger partial charge in [0.15, 0.2) is 0 Å². The summed E-state index contributed by atoms with van der Waals surface area (Å²) in [6.45, 7) is 0.685. The second-order valence-electron chi connectivity index (χ2n) is 3.81. The monoisotopic (exact) mass is 281 g/mol. The Morgan fingerprint density at radius 2 is 2.11 bits per heavy atom. The second kappa shape index (κ2) is 5.81. The first-order valence-electron chi connectivity index (χ1n) is 5.74. The number of aromatic nitrogens is 3. The van der Waals surface area contributed by atoms with Crippen LogP contribution in [-0.4, -0.2) is 37.0 Å². The zero-order chi connectivity index (χ0) is 13.7. The van der Waals surface area contributed by atoms with Gasteiger partial charge in [-0.05, 0) is 12.1 Å². The maximum atomic E-state index is 12.1. The van der Waals surface area contributed by atoms with Gasteiger partial charge in [0, 0.05) is 19.8 Å². The fourth-order valence-corrected chi connectivity index (χ4v) is 2.86. The first kappa shape index (κ1) is 13.5. The first-order valence-corrected chi connectivity index (χ1v) is 7.22. The van der Waals surface area contributed by atoms with Crippen molar-refractivity contribution in [3.05, 3.63) is 36.7 Å². The minimum Gasteiger partial charge on any atom is -0.387 e. The Balaban J connectivity index is 2.05. The normalized spacial score (nSPS) is 11.4. The molecule has 7 nitrogen and oxygen atoms in total. The molecule has 19 heavy (non-hydrogen) atoms. The Hall–Kier alpha value is -1.93. The van der Waals surface area contributed by atoms with Gasteiger partial charge < -0.3 is 5.32 Å². The van der Waals surface area contributed by atoms with Crippen molar-refractivity contribution in [1.82, 2.24) is 19.7 Å². The van der Waals surface area contributed by atoms with Crippen molar-refractivity contribution >= 4 is 15.7 Å². The molecule has 0 fully saturated rings. The summed E-state index contributed by atoms with van der Waals surface area (Å²) in [5, 5.41) is 10.3. The van der Waals surface area contributed by atoms with Gasteiger partial charge in [-0.2, -0.15) is 0 Å². The van der Waals surface area contributed by atoms with Crippen molar-refractivity contribution in [3.8, 4) is 0 Å². The molecular formula is C11H15N5O2S. The molecular weight excluding hydrogens is 266 g/mol. The molecule has 0 amide bonds. The van der Waals surface area contributed by atoms with Gasteiger partial charge in [0.05, 0.1) is 18.4 Å². The highest BCUT2D eigenvalue weighted by Crippen LogP contribution is 2.19. The third-order valence-corrected chi connectivity index (χ3v) is 4.07. The van der Waals surface area contributed by atoms with Gasteiger partial charge in [0.2, 0.25) is 10.0 Å². The number of nitrogens with one attached hydrogen (secondary N) is 2. The SMILES string of the molecule is CNc1ccccc1S(=O)(=O)NCCn1ccnn1. The summed E-state index contributed by atoms with van der Waals surface area (Å²) in [6, 6.07) is 6.74. The van der Waals surface area contributed by atoms with Gasteiger partial charge in [-0.3, -0.25) is 4.68 Å². The zero-order valence-corrected chi connectivity index (χ0v) is 11.3. The lowest BCUT2D eigenvalue weighted by Crippen LogP contribution is -2.28. The van der Waals surface area contributed by atoms with Crippen LogP contribution < -0.4 is 10.0 Å². The van der Waals surface area contributed by atoms with Crippen LogP contribution >= 0.6 is 0 Å². The second-order valence-corrected chi connectivity index (χ2v) is 5.55. The molecule has 0 bridgehead atoms. The lowest BCUT2D eigenvalue weighted by atomic mass is 10.3. The van der Waals surface area contributed by atoms with E-state index in [1.54, 1.807) is 48.4 Å². The molecule has 0 atom stereocenters. The van der Waals surface area contributed by atoms with Crippen molar-refractivity contribution in [2.24, 2.45) is 0 Å². The molecule has 0 aliphatic carbocycles. The topological polar surface area (TPSA) is 88.9 Å². The molecule has 1 heterocycles. The molecule has 1 aromatic heterocycles. The number of para-hydroxylation sites is 1. The molecule has 2 aromatic rings. The van der Waals surface area contributed by atoms with Crippen molar-refractivity contribution in [3.63, 3.8) is 0 Å². The summed E-state index contributed by atoms with van der Waals surface area (Å²) >= 11 is 0. The molecule has 0 spiro atoms. The predicted octanol–water partition coefficient (Wildman–Crippen LogP) is 0.298. The maximum Gasteiger partial charge on any atom is 0.242 e. The van der Waals surface area contributed by atoms with E-state index in [1.807, 2.05) is 0 Å². The van der Waals surface area contributed by atoms with Crippen LogP contribution in [0.3, 0.4) is 0 Å². The molecule has 2 rings (SSSR count). The van der Waals surface area contributed by atoms with Gasteiger partial charge in [-0.15, -0.1) is 5.10 Å². The predicted molar refractivity (Wildman–Crippen MR) is 71.2 cm³/mol. The van der Waals surface area contributed by atoms with E-state index in [9.17, 15) is 8.42 Å². The Bertz CT molecular complexity index is 624. The van der Waals surface area contributed by atoms with Crippen LogP contribution in [0.4, 0.5) is 5.69 Å². The lowest BCUT2D eigenvalue weighted by Gasteiger charge is -2.10. The third kappa shape index (κ3) is 3.30. The van der Waals surface area contributed by atoms with E-state index in [-0.39, 0.29) is 11.4 Å².